The van der Waals surface area contributed by atoms with Crippen molar-refractivity contribution in [3.63, 3.8) is 0 Å². The van der Waals surface area contributed by atoms with E-state index in [2.05, 4.69) is 24.5 Å². The molecule has 2 saturated heterocycles. The number of anilines is 1. The van der Waals surface area contributed by atoms with Crippen LogP contribution in [0.15, 0.2) is 60.7 Å². The van der Waals surface area contributed by atoms with Gasteiger partial charge < -0.3 is 25.0 Å². The molecule has 1 aliphatic carbocycles. The molecule has 8 nitrogen and oxygen atoms in total. The van der Waals surface area contributed by atoms with Crippen LogP contribution in [0.25, 0.3) is 0 Å². The highest BCUT2D eigenvalue weighted by molar-refractivity contribution is 6.02. The zero-order valence-electron chi connectivity index (χ0n) is 24.1. The predicted molar refractivity (Wildman–Crippen MR) is 155 cm³/mol. The number of ether oxygens (including phenoxy) is 2. The molecule has 3 aliphatic heterocycles. The van der Waals surface area contributed by atoms with Crippen LogP contribution in [-0.4, -0.2) is 53.5 Å². The molecule has 3 amide bonds. The molecule has 3 fully saturated rings. The Morgan fingerprint density at radius 2 is 1.90 bits per heavy atom. The van der Waals surface area contributed by atoms with Gasteiger partial charge in [0, 0.05) is 18.3 Å². The van der Waals surface area contributed by atoms with Gasteiger partial charge in [-0.3, -0.25) is 14.4 Å². The van der Waals surface area contributed by atoms with E-state index < -0.39 is 29.6 Å². The van der Waals surface area contributed by atoms with Crippen LogP contribution < -0.4 is 15.4 Å². The number of nitrogens with zero attached hydrogens (tertiary/aromatic N) is 1. The van der Waals surface area contributed by atoms with Gasteiger partial charge in [0.1, 0.15) is 17.4 Å². The maximum absolute atomic E-state index is 14.3. The van der Waals surface area contributed by atoms with Crippen molar-refractivity contribution < 1.29 is 23.9 Å². The third-order valence-electron chi connectivity index (χ3n) is 9.73. The number of methoxy groups -OCH3 is 1. The quantitative estimate of drug-likeness (QED) is 0.497. The van der Waals surface area contributed by atoms with Crippen molar-refractivity contribution in [2.75, 3.05) is 12.4 Å². The summed E-state index contributed by atoms with van der Waals surface area (Å²) in [6.07, 6.45) is 6.25. The summed E-state index contributed by atoms with van der Waals surface area (Å²) >= 11 is 0. The summed E-state index contributed by atoms with van der Waals surface area (Å²) in [5.41, 5.74) is 1.32. The minimum atomic E-state index is -1.21. The number of carbonyl (C=O) groups is 3. The molecule has 0 unspecified atom stereocenters. The lowest BCUT2D eigenvalue weighted by atomic mass is 9.73. The summed E-state index contributed by atoms with van der Waals surface area (Å²) < 4.78 is 11.9. The first kappa shape index (κ1) is 27.5. The fourth-order valence-electron chi connectivity index (χ4n) is 7.40. The van der Waals surface area contributed by atoms with Gasteiger partial charge in [-0.05, 0) is 60.6 Å². The maximum Gasteiger partial charge on any atom is 0.246 e. The largest absolute Gasteiger partial charge is 0.497 e. The molecule has 8 heteroatoms. The number of benzene rings is 2. The van der Waals surface area contributed by atoms with Crippen LogP contribution in [0.3, 0.4) is 0 Å². The topological polar surface area (TPSA) is 97.0 Å². The maximum atomic E-state index is 14.3. The smallest absolute Gasteiger partial charge is 0.246 e. The van der Waals surface area contributed by atoms with Gasteiger partial charge in [0.2, 0.25) is 17.7 Å². The van der Waals surface area contributed by atoms with Crippen molar-refractivity contribution in [3.05, 3.63) is 71.8 Å². The number of nitrogens with one attached hydrogen (secondary N) is 2. The second-order valence-electron chi connectivity index (χ2n) is 12.3. The Kier molecular flexibility index (Phi) is 7.14. The van der Waals surface area contributed by atoms with Gasteiger partial charge in [-0.15, -0.1) is 0 Å². The fraction of sp³-hybridized carbons (Fsp3) is 0.485. The Morgan fingerprint density at radius 3 is 2.68 bits per heavy atom. The lowest BCUT2D eigenvalue weighted by Crippen LogP contribution is -2.57. The van der Waals surface area contributed by atoms with Gasteiger partial charge >= 0.3 is 0 Å². The number of carbonyl (C=O) groups excluding carboxylic acids is 3. The molecule has 1 spiro atoms. The number of aryl methyl sites for hydroxylation is 1. The molecule has 8 atom stereocenters. The lowest BCUT2D eigenvalue weighted by Gasteiger charge is -2.38. The number of fused-ring (bicyclic) bond motifs is 1. The third-order valence-corrected chi connectivity index (χ3v) is 9.73. The fourth-order valence-corrected chi connectivity index (χ4v) is 7.40. The number of likely N-dealkylation sites (tertiary alicyclic amines) is 1. The summed E-state index contributed by atoms with van der Waals surface area (Å²) in [5.74, 6) is -0.777. The predicted octanol–water partition coefficient (Wildman–Crippen LogP) is 4.23. The van der Waals surface area contributed by atoms with E-state index in [0.717, 1.165) is 30.4 Å². The van der Waals surface area contributed by atoms with Gasteiger partial charge in [0.25, 0.3) is 0 Å². The molecule has 216 valence electrons. The first-order valence-corrected chi connectivity index (χ1v) is 14.7. The summed E-state index contributed by atoms with van der Waals surface area (Å²) in [4.78, 5) is 43.8. The van der Waals surface area contributed by atoms with Crippen LogP contribution in [0.2, 0.25) is 0 Å². The molecular formula is C33H39N3O5. The molecule has 0 aromatic heterocycles. The van der Waals surface area contributed by atoms with Crippen LogP contribution in [-0.2, 0) is 25.7 Å². The molecule has 41 heavy (non-hydrogen) atoms. The highest BCUT2D eigenvalue weighted by Crippen LogP contribution is 2.55. The Labute approximate surface area is 241 Å². The second kappa shape index (κ2) is 10.6. The van der Waals surface area contributed by atoms with E-state index in [-0.39, 0.29) is 30.3 Å². The minimum absolute atomic E-state index is 0.0264. The highest BCUT2D eigenvalue weighted by atomic mass is 16.5. The van der Waals surface area contributed by atoms with Crippen LogP contribution in [0.5, 0.6) is 5.75 Å². The van der Waals surface area contributed by atoms with Crippen LogP contribution in [0, 0.1) is 30.6 Å². The first-order chi connectivity index (χ1) is 19.7. The van der Waals surface area contributed by atoms with Crippen molar-refractivity contribution >= 4 is 23.4 Å². The van der Waals surface area contributed by atoms with Crippen LogP contribution in [0.4, 0.5) is 5.69 Å². The molecule has 4 aliphatic rings. The molecule has 2 aromatic rings. The van der Waals surface area contributed by atoms with E-state index >= 15 is 0 Å². The molecule has 2 N–H and O–H groups in total. The summed E-state index contributed by atoms with van der Waals surface area (Å²) in [6, 6.07) is 14.2. The first-order valence-electron chi connectivity index (χ1n) is 14.7. The Hall–Kier alpha value is -3.65. The summed E-state index contributed by atoms with van der Waals surface area (Å²) in [5, 5.41) is 6.31. The van der Waals surface area contributed by atoms with Crippen molar-refractivity contribution in [1.29, 1.82) is 0 Å². The van der Waals surface area contributed by atoms with Gasteiger partial charge in [-0.2, -0.15) is 0 Å². The second-order valence-corrected chi connectivity index (χ2v) is 12.3. The molecule has 6 rings (SSSR count). The van der Waals surface area contributed by atoms with Crippen LogP contribution >= 0.6 is 0 Å². The lowest BCUT2D eigenvalue weighted by molar-refractivity contribution is -0.142. The number of amides is 3. The van der Waals surface area contributed by atoms with Gasteiger partial charge in [-0.1, -0.05) is 63.1 Å². The van der Waals surface area contributed by atoms with E-state index in [4.69, 9.17) is 9.47 Å². The summed E-state index contributed by atoms with van der Waals surface area (Å²) in [6.45, 7) is 6.58. The zero-order chi connectivity index (χ0) is 28.9. The van der Waals surface area contributed by atoms with E-state index in [1.165, 1.54) is 0 Å². The van der Waals surface area contributed by atoms with Gasteiger partial charge in [-0.25, -0.2) is 0 Å². The van der Waals surface area contributed by atoms with Crippen molar-refractivity contribution in [3.8, 4) is 5.75 Å². The normalized spacial score (nSPS) is 33.5. The zero-order valence-corrected chi connectivity index (χ0v) is 24.1. The van der Waals surface area contributed by atoms with E-state index in [9.17, 15) is 14.4 Å². The number of hydrogen-bond acceptors (Lipinski definition) is 5. The Morgan fingerprint density at radius 1 is 1.10 bits per heavy atom. The molecular weight excluding hydrogens is 518 g/mol. The van der Waals surface area contributed by atoms with Crippen molar-refractivity contribution in [1.82, 2.24) is 10.2 Å². The standard InChI is InChI=1S/C33H39N3O5/c1-19-8-5-11-23(16-19)34-30(37)27-26-14-15-33(41-26)28(27)32(39)36(18-22-10-7-12-24(17-22)40-4)29(33)31(38)35-25-13-6-9-20(2)21(25)3/h5,7-8,10-12,14-17,20-21,25-29H,6,9,13,18H2,1-4H3,(H,34,37)(H,35,38)/t20-,21+,25-,26+,27-,28+,29+,33+/m1/s1. The molecule has 2 aromatic carbocycles. The molecule has 2 bridgehead atoms. The third kappa shape index (κ3) is 4.72. The molecule has 3 heterocycles. The van der Waals surface area contributed by atoms with Crippen LogP contribution in [0.1, 0.15) is 44.2 Å². The monoisotopic (exact) mass is 557 g/mol. The van der Waals surface area contributed by atoms with Gasteiger partial charge in [0.05, 0.1) is 25.0 Å². The number of rotatable bonds is 7. The van der Waals surface area contributed by atoms with Crippen molar-refractivity contribution in [2.45, 2.75) is 70.4 Å². The van der Waals surface area contributed by atoms with E-state index in [1.807, 2.05) is 67.6 Å². The Balaban J connectivity index is 1.34. The molecule has 1 saturated carbocycles. The Bertz CT molecular complexity index is 1390. The average molecular weight is 558 g/mol. The SMILES string of the molecule is COc1cccc(CN2C(=O)[C@@H]3[C@H](C(=O)Nc4cccc(C)c4)[C@@H]4C=C[C@@]3(O4)[C@@H]2C(=O)N[C@@H]2CCC[C@@H](C)[C@@H]2C)c1. The van der Waals surface area contributed by atoms with E-state index in [1.54, 1.807) is 12.0 Å². The van der Waals surface area contributed by atoms with Crippen molar-refractivity contribution in [2.24, 2.45) is 23.7 Å². The molecule has 0 radical (unpaired) electrons. The van der Waals surface area contributed by atoms with E-state index in [0.29, 0.717) is 23.3 Å². The number of hydrogen-bond donors (Lipinski definition) is 2. The summed E-state index contributed by atoms with van der Waals surface area (Å²) in [7, 11) is 1.60. The highest BCUT2D eigenvalue weighted by Gasteiger charge is 2.72. The van der Waals surface area contributed by atoms with Gasteiger partial charge in [0.15, 0.2) is 0 Å². The average Bonchev–Trinajstić information content (AvgIpc) is 3.59. The minimum Gasteiger partial charge on any atom is -0.497 e.